The summed E-state index contributed by atoms with van der Waals surface area (Å²) in [5.41, 5.74) is 2.24. The molecule has 2 nitrogen and oxygen atoms in total. The molecule has 1 atom stereocenters. The molecule has 1 aliphatic rings. The number of rotatable bonds is 1. The van der Waals surface area contributed by atoms with Gasteiger partial charge in [0.1, 0.15) is 6.10 Å². The second-order valence-corrected chi connectivity index (χ2v) is 6.06. The highest BCUT2D eigenvalue weighted by Crippen LogP contribution is 2.40. The number of nitrogens with one attached hydrogen (secondary N) is 1. The van der Waals surface area contributed by atoms with E-state index in [0.717, 1.165) is 22.5 Å². The molecule has 0 fully saturated rings. The molecule has 0 aliphatic carbocycles. The lowest BCUT2D eigenvalue weighted by Gasteiger charge is -2.28. The fourth-order valence-electron chi connectivity index (χ4n) is 2.75. The van der Waals surface area contributed by atoms with Crippen molar-refractivity contribution in [2.24, 2.45) is 0 Å². The lowest BCUT2D eigenvalue weighted by molar-refractivity contribution is 0.209. The van der Waals surface area contributed by atoms with Gasteiger partial charge in [-0.15, -0.1) is 0 Å². The first-order chi connectivity index (χ1) is 10.3. The Bertz CT molecular complexity index is 815. The number of para-hydroxylation sites is 1. The number of ether oxygens (including phenoxy) is 1. The van der Waals surface area contributed by atoms with Crippen molar-refractivity contribution in [2.45, 2.75) is 6.10 Å². The lowest BCUT2D eigenvalue weighted by atomic mass is 10.0. The molecule has 21 heavy (non-hydrogen) atoms. The molecule has 1 N–H and O–H groups in total. The Morgan fingerprint density at radius 1 is 0.952 bits per heavy atom. The third kappa shape index (κ3) is 2.28. The van der Waals surface area contributed by atoms with E-state index in [9.17, 15) is 0 Å². The van der Waals surface area contributed by atoms with Crippen LogP contribution in [-0.4, -0.2) is 6.54 Å². The van der Waals surface area contributed by atoms with E-state index in [1.54, 1.807) is 0 Å². The summed E-state index contributed by atoms with van der Waals surface area (Å²) in [5, 5.41) is 5.95. The molecule has 3 heteroatoms. The standard InChI is InChI=1S/C18H14BrNO/c19-15-6-3-7-16-18(15)21-17(11-20-16)14-9-8-12-4-1-2-5-13(12)10-14/h1-10,17,20H,11H2. The van der Waals surface area contributed by atoms with Gasteiger partial charge in [-0.3, -0.25) is 0 Å². The first-order valence-electron chi connectivity index (χ1n) is 6.99. The Balaban J connectivity index is 1.72. The van der Waals surface area contributed by atoms with Gasteiger partial charge >= 0.3 is 0 Å². The van der Waals surface area contributed by atoms with Crippen molar-refractivity contribution in [1.29, 1.82) is 0 Å². The minimum absolute atomic E-state index is 0.0285. The van der Waals surface area contributed by atoms with Crippen LogP contribution in [0.25, 0.3) is 10.8 Å². The lowest BCUT2D eigenvalue weighted by Crippen LogP contribution is -2.23. The van der Waals surface area contributed by atoms with Gasteiger partial charge in [-0.2, -0.15) is 0 Å². The van der Waals surface area contributed by atoms with Crippen LogP contribution in [0, 0.1) is 0 Å². The minimum atomic E-state index is 0.0285. The van der Waals surface area contributed by atoms with Crippen LogP contribution >= 0.6 is 15.9 Å². The highest BCUT2D eigenvalue weighted by Gasteiger charge is 2.22. The first kappa shape index (κ1) is 12.7. The second-order valence-electron chi connectivity index (χ2n) is 5.21. The Labute approximate surface area is 131 Å². The average molecular weight is 340 g/mol. The molecule has 3 aromatic carbocycles. The van der Waals surface area contributed by atoms with Gasteiger partial charge in [0.15, 0.2) is 5.75 Å². The van der Waals surface area contributed by atoms with Crippen LogP contribution in [0.15, 0.2) is 65.1 Å². The van der Waals surface area contributed by atoms with E-state index in [1.165, 1.54) is 16.3 Å². The predicted molar refractivity (Wildman–Crippen MR) is 89.9 cm³/mol. The van der Waals surface area contributed by atoms with Gasteiger partial charge in [-0.1, -0.05) is 42.5 Å². The number of halogens is 1. The highest BCUT2D eigenvalue weighted by molar-refractivity contribution is 9.10. The number of hydrogen-bond donors (Lipinski definition) is 1. The summed E-state index contributed by atoms with van der Waals surface area (Å²) in [5.74, 6) is 0.891. The molecule has 1 unspecified atom stereocenters. The van der Waals surface area contributed by atoms with Crippen LogP contribution in [0.2, 0.25) is 0 Å². The van der Waals surface area contributed by atoms with Gasteiger partial charge in [-0.05, 0) is 50.5 Å². The van der Waals surface area contributed by atoms with E-state index in [1.807, 2.05) is 18.2 Å². The smallest absolute Gasteiger partial charge is 0.157 e. The third-order valence-electron chi connectivity index (χ3n) is 3.85. The highest BCUT2D eigenvalue weighted by atomic mass is 79.9. The van der Waals surface area contributed by atoms with Gasteiger partial charge in [0.05, 0.1) is 16.7 Å². The van der Waals surface area contributed by atoms with Crippen LogP contribution in [0.1, 0.15) is 11.7 Å². The number of anilines is 1. The van der Waals surface area contributed by atoms with Crippen LogP contribution < -0.4 is 10.1 Å². The van der Waals surface area contributed by atoms with Crippen molar-refractivity contribution in [3.05, 3.63) is 70.7 Å². The molecule has 4 rings (SSSR count). The van der Waals surface area contributed by atoms with Gasteiger partial charge in [0.2, 0.25) is 0 Å². The molecule has 3 aromatic rings. The van der Waals surface area contributed by atoms with Crippen molar-refractivity contribution in [1.82, 2.24) is 0 Å². The van der Waals surface area contributed by atoms with Crippen LogP contribution in [0.5, 0.6) is 5.75 Å². The van der Waals surface area contributed by atoms with Crippen LogP contribution in [0.3, 0.4) is 0 Å². The van der Waals surface area contributed by atoms with Crippen LogP contribution in [0.4, 0.5) is 5.69 Å². The predicted octanol–water partition coefficient (Wildman–Crippen LogP) is 5.15. The van der Waals surface area contributed by atoms with Crippen molar-refractivity contribution < 1.29 is 4.74 Å². The number of fused-ring (bicyclic) bond motifs is 2. The summed E-state index contributed by atoms with van der Waals surface area (Å²) in [4.78, 5) is 0. The average Bonchev–Trinajstić information content (AvgIpc) is 2.54. The van der Waals surface area contributed by atoms with E-state index in [4.69, 9.17) is 4.74 Å². The SMILES string of the molecule is Brc1cccc2c1OC(c1ccc3ccccc3c1)CN2. The summed E-state index contributed by atoms with van der Waals surface area (Å²) in [6.07, 6.45) is 0.0285. The van der Waals surface area contributed by atoms with Crippen molar-refractivity contribution in [3.63, 3.8) is 0 Å². The summed E-state index contributed by atoms with van der Waals surface area (Å²) in [6, 6.07) is 21.0. The molecule has 0 bridgehead atoms. The Kier molecular flexibility index (Phi) is 3.08. The Morgan fingerprint density at radius 2 is 1.81 bits per heavy atom. The van der Waals surface area contributed by atoms with E-state index < -0.39 is 0 Å². The normalized spacial score (nSPS) is 16.9. The fraction of sp³-hybridized carbons (Fsp3) is 0.111. The minimum Gasteiger partial charge on any atom is -0.481 e. The fourth-order valence-corrected chi connectivity index (χ4v) is 3.21. The molecule has 1 heterocycles. The summed E-state index contributed by atoms with van der Waals surface area (Å²) in [6.45, 7) is 0.780. The van der Waals surface area contributed by atoms with Crippen LogP contribution in [-0.2, 0) is 0 Å². The van der Waals surface area contributed by atoms with E-state index in [2.05, 4.69) is 63.7 Å². The molecule has 0 amide bonds. The molecule has 104 valence electrons. The maximum absolute atomic E-state index is 6.19. The third-order valence-corrected chi connectivity index (χ3v) is 4.47. The Morgan fingerprint density at radius 3 is 2.71 bits per heavy atom. The zero-order valence-corrected chi connectivity index (χ0v) is 12.9. The zero-order chi connectivity index (χ0) is 14.2. The van der Waals surface area contributed by atoms with Gasteiger partial charge in [-0.25, -0.2) is 0 Å². The Hall–Kier alpha value is -2.00. The van der Waals surface area contributed by atoms with E-state index >= 15 is 0 Å². The summed E-state index contributed by atoms with van der Waals surface area (Å²) in [7, 11) is 0. The van der Waals surface area contributed by atoms with Gasteiger partial charge in [0.25, 0.3) is 0 Å². The molecule has 0 saturated heterocycles. The van der Waals surface area contributed by atoms with E-state index in [-0.39, 0.29) is 6.10 Å². The molecule has 0 saturated carbocycles. The van der Waals surface area contributed by atoms with Gasteiger partial charge < -0.3 is 10.1 Å². The molecular formula is C18H14BrNO. The largest absolute Gasteiger partial charge is 0.481 e. The number of hydrogen-bond acceptors (Lipinski definition) is 2. The first-order valence-corrected chi connectivity index (χ1v) is 7.78. The van der Waals surface area contributed by atoms with Gasteiger partial charge in [0, 0.05) is 0 Å². The zero-order valence-electron chi connectivity index (χ0n) is 11.3. The summed E-state index contributed by atoms with van der Waals surface area (Å²) >= 11 is 3.56. The van der Waals surface area contributed by atoms with E-state index in [0.29, 0.717) is 0 Å². The maximum Gasteiger partial charge on any atom is 0.157 e. The molecule has 0 radical (unpaired) electrons. The monoisotopic (exact) mass is 339 g/mol. The molecular weight excluding hydrogens is 326 g/mol. The topological polar surface area (TPSA) is 21.3 Å². The number of benzene rings is 3. The summed E-state index contributed by atoms with van der Waals surface area (Å²) < 4.78 is 7.17. The second kappa shape index (κ2) is 5.08. The maximum atomic E-state index is 6.19. The van der Waals surface area contributed by atoms with Crippen molar-refractivity contribution >= 4 is 32.4 Å². The van der Waals surface area contributed by atoms with Crippen molar-refractivity contribution in [2.75, 3.05) is 11.9 Å². The molecule has 0 spiro atoms. The quantitative estimate of drug-likeness (QED) is 0.662. The van der Waals surface area contributed by atoms with Crippen molar-refractivity contribution in [3.8, 4) is 5.75 Å². The molecule has 1 aliphatic heterocycles. The molecule has 0 aromatic heterocycles.